The monoisotopic (exact) mass is 766 g/mol. The number of H-pyrrole nitrogens is 1. The van der Waals surface area contributed by atoms with Crippen molar-refractivity contribution in [2.24, 2.45) is 35.5 Å². The molecule has 0 saturated heterocycles. The smallest absolute Gasteiger partial charge is 0.314 e. The standard InChI is InChI=1S/C51H79N3O2/c1-6-11-15-37(9-4)35-54(36-38(10-5)16-12-7-2)48-18-13-17-47-49(48)53-50(52-47)44-27-23-41(24-28-44)43-31-33-46(34-32-43)56-51(55)45-29-25-42(26-30-45)40-21-19-39(14-8-3)20-22-40/h13,17-18,31-34,37-42,44-45H,6-12,14-16,19-30,35-36H2,1-5H3,(H,52,53)/t37?,38?,39-,40-,41-,42-,44-,45-. The lowest BCUT2D eigenvalue weighted by Gasteiger charge is -2.37. The van der Waals surface area contributed by atoms with Gasteiger partial charge in [0.25, 0.3) is 0 Å². The number of carbonyl (C=O) groups is 1. The maximum atomic E-state index is 13.2. The lowest BCUT2D eigenvalue weighted by Crippen LogP contribution is -2.34. The van der Waals surface area contributed by atoms with Gasteiger partial charge in [-0.1, -0.05) is 117 Å². The first kappa shape index (κ1) is 42.8. The van der Waals surface area contributed by atoms with Gasteiger partial charge >= 0.3 is 5.97 Å². The van der Waals surface area contributed by atoms with Crippen molar-refractivity contribution in [3.8, 4) is 5.75 Å². The summed E-state index contributed by atoms with van der Waals surface area (Å²) >= 11 is 0. The highest BCUT2D eigenvalue weighted by Gasteiger charge is 2.34. The molecule has 310 valence electrons. The first-order valence-electron chi connectivity index (χ1n) is 24.0. The maximum Gasteiger partial charge on any atom is 0.314 e. The number of imidazole rings is 1. The highest BCUT2D eigenvalue weighted by Crippen LogP contribution is 2.44. The molecule has 0 amide bonds. The average molecular weight is 766 g/mol. The van der Waals surface area contributed by atoms with Crippen LogP contribution in [-0.4, -0.2) is 29.0 Å². The van der Waals surface area contributed by atoms with Crippen LogP contribution in [0.1, 0.15) is 199 Å². The van der Waals surface area contributed by atoms with Crippen LogP contribution < -0.4 is 9.64 Å². The van der Waals surface area contributed by atoms with E-state index in [1.165, 1.54) is 131 Å². The zero-order valence-electron chi connectivity index (χ0n) is 36.3. The lowest BCUT2D eigenvalue weighted by atomic mass is 9.69. The Morgan fingerprint density at radius 2 is 1.30 bits per heavy atom. The Bertz CT molecular complexity index is 1550. The Morgan fingerprint density at radius 1 is 0.714 bits per heavy atom. The summed E-state index contributed by atoms with van der Waals surface area (Å²) in [4.78, 5) is 25.2. The summed E-state index contributed by atoms with van der Waals surface area (Å²) < 4.78 is 5.98. The number of hydrogen-bond acceptors (Lipinski definition) is 4. The van der Waals surface area contributed by atoms with Gasteiger partial charge in [-0.2, -0.15) is 0 Å². The summed E-state index contributed by atoms with van der Waals surface area (Å²) in [5.74, 6) is 7.07. The Labute approximate surface area is 341 Å². The molecule has 1 aromatic heterocycles. The highest BCUT2D eigenvalue weighted by molar-refractivity contribution is 5.89. The third-order valence-corrected chi connectivity index (χ3v) is 14.9. The van der Waals surface area contributed by atoms with E-state index in [4.69, 9.17) is 9.72 Å². The summed E-state index contributed by atoms with van der Waals surface area (Å²) in [5, 5.41) is 0. The van der Waals surface area contributed by atoms with Gasteiger partial charge in [-0.3, -0.25) is 4.79 Å². The molecule has 6 rings (SSSR count). The van der Waals surface area contributed by atoms with Crippen LogP contribution in [0.2, 0.25) is 0 Å². The fourth-order valence-electron chi connectivity index (χ4n) is 11.1. The molecule has 2 aromatic carbocycles. The van der Waals surface area contributed by atoms with E-state index in [0.29, 0.717) is 17.6 Å². The number of nitrogens with zero attached hydrogens (tertiary/aromatic N) is 2. The molecule has 5 heteroatoms. The topological polar surface area (TPSA) is 58.2 Å². The number of esters is 1. The van der Waals surface area contributed by atoms with E-state index in [-0.39, 0.29) is 11.9 Å². The van der Waals surface area contributed by atoms with Gasteiger partial charge in [0, 0.05) is 19.0 Å². The zero-order chi connectivity index (χ0) is 39.3. The maximum absolute atomic E-state index is 13.2. The first-order valence-corrected chi connectivity index (χ1v) is 24.0. The number of nitrogens with one attached hydrogen (secondary N) is 1. The number of aromatic amines is 1. The van der Waals surface area contributed by atoms with Crippen molar-refractivity contribution < 1.29 is 9.53 Å². The molecule has 3 aromatic rings. The predicted octanol–water partition coefficient (Wildman–Crippen LogP) is 14.6. The van der Waals surface area contributed by atoms with Crippen LogP contribution in [0.5, 0.6) is 5.75 Å². The Balaban J connectivity index is 1.02. The minimum absolute atomic E-state index is 0.0103. The number of ether oxygens (including phenoxy) is 1. The molecule has 5 nitrogen and oxygen atoms in total. The van der Waals surface area contributed by atoms with E-state index in [9.17, 15) is 4.79 Å². The van der Waals surface area contributed by atoms with Gasteiger partial charge in [-0.05, 0) is 142 Å². The fraction of sp³-hybridized carbons (Fsp3) is 0.725. The number of para-hydroxylation sites is 1. The molecule has 3 aliphatic rings. The summed E-state index contributed by atoms with van der Waals surface area (Å²) in [7, 11) is 0. The van der Waals surface area contributed by atoms with Crippen LogP contribution in [0.25, 0.3) is 11.0 Å². The average Bonchev–Trinajstić information content (AvgIpc) is 3.69. The predicted molar refractivity (Wildman–Crippen MR) is 237 cm³/mol. The number of hydrogen-bond donors (Lipinski definition) is 1. The van der Waals surface area contributed by atoms with Gasteiger partial charge in [0.2, 0.25) is 0 Å². The molecule has 1 N–H and O–H groups in total. The molecule has 2 unspecified atom stereocenters. The zero-order valence-corrected chi connectivity index (χ0v) is 36.3. The number of rotatable bonds is 20. The third-order valence-electron chi connectivity index (χ3n) is 14.9. The summed E-state index contributed by atoms with van der Waals surface area (Å²) in [6.45, 7) is 14.0. The van der Waals surface area contributed by atoms with Gasteiger partial charge in [0.15, 0.2) is 0 Å². The van der Waals surface area contributed by atoms with Crippen molar-refractivity contribution in [1.29, 1.82) is 0 Å². The van der Waals surface area contributed by atoms with Gasteiger partial charge in [-0.15, -0.1) is 0 Å². The second-order valence-corrected chi connectivity index (χ2v) is 18.8. The molecule has 3 fully saturated rings. The minimum atomic E-state index is -0.0103. The highest BCUT2D eigenvalue weighted by atomic mass is 16.5. The number of anilines is 1. The van der Waals surface area contributed by atoms with Crippen molar-refractivity contribution in [1.82, 2.24) is 9.97 Å². The van der Waals surface area contributed by atoms with Gasteiger partial charge in [0.05, 0.1) is 17.1 Å². The van der Waals surface area contributed by atoms with Crippen LogP contribution >= 0.6 is 0 Å². The van der Waals surface area contributed by atoms with E-state index < -0.39 is 0 Å². The number of carbonyl (C=O) groups excluding carboxylic acids is 1. The number of unbranched alkanes of at least 4 members (excludes halogenated alkanes) is 2. The molecular weight excluding hydrogens is 687 g/mol. The van der Waals surface area contributed by atoms with E-state index in [0.717, 1.165) is 81.2 Å². The summed E-state index contributed by atoms with van der Waals surface area (Å²) in [6.07, 6.45) is 27.7. The molecule has 3 saturated carbocycles. The second-order valence-electron chi connectivity index (χ2n) is 18.8. The molecule has 0 aliphatic heterocycles. The molecule has 56 heavy (non-hydrogen) atoms. The largest absolute Gasteiger partial charge is 0.426 e. The van der Waals surface area contributed by atoms with Crippen LogP contribution in [0.15, 0.2) is 42.5 Å². The third kappa shape index (κ3) is 11.4. The Kier molecular flexibility index (Phi) is 16.7. The lowest BCUT2D eigenvalue weighted by molar-refractivity contribution is -0.140. The first-order chi connectivity index (χ1) is 27.4. The van der Waals surface area contributed by atoms with Crippen molar-refractivity contribution in [2.45, 2.75) is 188 Å². The van der Waals surface area contributed by atoms with E-state index in [2.05, 4.69) is 74.8 Å². The van der Waals surface area contributed by atoms with Crippen molar-refractivity contribution >= 4 is 22.7 Å². The molecule has 0 bridgehead atoms. The normalized spacial score (nSPS) is 25.5. The molecule has 0 radical (unpaired) electrons. The second kappa shape index (κ2) is 21.8. The van der Waals surface area contributed by atoms with E-state index in [1.54, 1.807) is 0 Å². The molecular formula is C51H79N3O2. The SMILES string of the molecule is CCCCC(CC)CN(CC(CC)CCCC)c1cccc2[nH]c([C@H]3CC[C@H](c4ccc(OC(=O)[C@H]5CC[C@H]([C@H]6CC[C@H](CCC)CC6)CC5)cc4)CC3)nc12. The van der Waals surface area contributed by atoms with Gasteiger partial charge < -0.3 is 14.6 Å². The van der Waals surface area contributed by atoms with Gasteiger partial charge in [0.1, 0.15) is 17.1 Å². The quantitative estimate of drug-likeness (QED) is 0.0919. The Hall–Kier alpha value is -2.82. The number of benzene rings is 2. The van der Waals surface area contributed by atoms with E-state index >= 15 is 0 Å². The van der Waals surface area contributed by atoms with Crippen LogP contribution in [-0.2, 0) is 4.79 Å². The fourth-order valence-corrected chi connectivity index (χ4v) is 11.1. The molecule has 2 atom stereocenters. The van der Waals surface area contributed by atoms with Gasteiger partial charge in [-0.25, -0.2) is 4.98 Å². The van der Waals surface area contributed by atoms with E-state index in [1.807, 2.05) is 12.1 Å². The van der Waals surface area contributed by atoms with Crippen LogP contribution in [0.4, 0.5) is 5.69 Å². The number of fused-ring (bicyclic) bond motifs is 1. The van der Waals surface area contributed by atoms with Crippen LogP contribution in [0, 0.1) is 35.5 Å². The van der Waals surface area contributed by atoms with Crippen molar-refractivity contribution in [3.05, 3.63) is 53.9 Å². The molecule has 3 aliphatic carbocycles. The summed E-state index contributed by atoms with van der Waals surface area (Å²) in [6, 6.07) is 15.3. The summed E-state index contributed by atoms with van der Waals surface area (Å²) in [5.41, 5.74) is 5.07. The molecule has 1 heterocycles. The van der Waals surface area contributed by atoms with Crippen LogP contribution in [0.3, 0.4) is 0 Å². The van der Waals surface area contributed by atoms with Crippen molar-refractivity contribution in [2.75, 3.05) is 18.0 Å². The minimum Gasteiger partial charge on any atom is -0.426 e. The molecule has 0 spiro atoms. The number of aromatic nitrogens is 2. The van der Waals surface area contributed by atoms with Crippen molar-refractivity contribution in [3.63, 3.8) is 0 Å². The Morgan fingerprint density at radius 3 is 1.88 bits per heavy atom.